The van der Waals surface area contributed by atoms with Crippen LogP contribution in [-0.2, 0) is 20.6 Å². The van der Waals surface area contributed by atoms with Crippen LogP contribution in [0.15, 0.2) is 62.3 Å². The van der Waals surface area contributed by atoms with E-state index in [1.165, 1.54) is 30.0 Å². The number of ketones is 1. The van der Waals surface area contributed by atoms with Crippen molar-refractivity contribution >= 4 is 34.5 Å². The molecule has 9 nitrogen and oxygen atoms in total. The number of aromatic nitrogens is 4. The molecule has 0 radical (unpaired) electrons. The number of benzene rings is 1. The summed E-state index contributed by atoms with van der Waals surface area (Å²) in [4.78, 5) is 45.1. The summed E-state index contributed by atoms with van der Waals surface area (Å²) in [5.74, 6) is 0.166. The molecule has 0 saturated carbocycles. The van der Waals surface area contributed by atoms with Crippen LogP contribution >= 0.6 is 11.6 Å². The second-order valence-corrected chi connectivity index (χ2v) is 9.50. The zero-order chi connectivity index (χ0) is 26.3. The normalized spacial score (nSPS) is 15.5. The number of fused-ring (bicyclic) bond motifs is 1. The molecule has 1 aliphatic rings. The van der Waals surface area contributed by atoms with Crippen LogP contribution in [0.4, 0.5) is 10.3 Å². The summed E-state index contributed by atoms with van der Waals surface area (Å²) >= 11 is 6.33. The highest BCUT2D eigenvalue weighted by Crippen LogP contribution is 2.27. The molecule has 192 valence electrons. The monoisotopic (exact) mass is 525 g/mol. The number of halogens is 2. The topological polar surface area (TPSA) is 95.3 Å². The van der Waals surface area contributed by atoms with Gasteiger partial charge in [0.15, 0.2) is 16.9 Å². The molecular weight excluding hydrogens is 501 g/mol. The smallest absolute Gasteiger partial charge is 0.332 e. The maximum atomic E-state index is 13.7. The summed E-state index contributed by atoms with van der Waals surface area (Å²) in [6.45, 7) is 1.33. The second-order valence-electron chi connectivity index (χ2n) is 9.10. The lowest BCUT2D eigenvalue weighted by molar-refractivity contribution is 0.102. The Hall–Kier alpha value is -3.92. The van der Waals surface area contributed by atoms with Crippen molar-refractivity contribution in [3.05, 3.63) is 91.2 Å². The van der Waals surface area contributed by atoms with Crippen molar-refractivity contribution in [1.29, 1.82) is 0 Å². The molecule has 5 rings (SSSR count). The number of imidazole rings is 1. The van der Waals surface area contributed by atoms with Gasteiger partial charge in [-0.1, -0.05) is 23.2 Å². The molecule has 37 heavy (non-hydrogen) atoms. The first-order chi connectivity index (χ1) is 17.7. The van der Waals surface area contributed by atoms with E-state index < -0.39 is 17.1 Å². The fraction of sp³-hybridized carbons (Fsp3) is 0.308. The molecule has 4 aromatic rings. The van der Waals surface area contributed by atoms with Gasteiger partial charge in [-0.25, -0.2) is 9.18 Å². The number of carbonyl (C=O) groups excluding carboxylic acids is 1. The molecule has 0 N–H and O–H groups in total. The van der Waals surface area contributed by atoms with Gasteiger partial charge in [0.2, 0.25) is 11.7 Å². The second kappa shape index (κ2) is 9.85. The van der Waals surface area contributed by atoms with E-state index in [2.05, 4.69) is 0 Å². The highest BCUT2D eigenvalue weighted by atomic mass is 35.5. The predicted molar refractivity (Wildman–Crippen MR) is 138 cm³/mol. The minimum atomic E-state index is -0.481. The van der Waals surface area contributed by atoms with Crippen LogP contribution in [0.2, 0.25) is 5.02 Å². The number of hydrogen-bond acceptors (Lipinski definition) is 6. The first-order valence-corrected chi connectivity index (χ1v) is 12.2. The minimum Gasteiger partial charge on any atom is -0.461 e. The van der Waals surface area contributed by atoms with Gasteiger partial charge in [-0.15, -0.1) is 0 Å². The number of anilines is 1. The van der Waals surface area contributed by atoms with Gasteiger partial charge >= 0.3 is 5.69 Å². The van der Waals surface area contributed by atoms with Crippen molar-refractivity contribution < 1.29 is 13.6 Å². The highest BCUT2D eigenvalue weighted by Gasteiger charge is 2.25. The lowest BCUT2D eigenvalue weighted by Crippen LogP contribution is -2.37. The van der Waals surface area contributed by atoms with Crippen LogP contribution in [0.1, 0.15) is 35.4 Å². The predicted octanol–water partition coefficient (Wildman–Crippen LogP) is 3.67. The number of carbonyl (C=O) groups is 1. The zero-order valence-electron chi connectivity index (χ0n) is 20.4. The zero-order valence-corrected chi connectivity index (χ0v) is 21.2. The average molecular weight is 526 g/mol. The Kier molecular flexibility index (Phi) is 6.59. The molecular formula is C26H25ClFN5O4. The van der Waals surface area contributed by atoms with Gasteiger partial charge in [-0.2, -0.15) is 4.98 Å². The molecule has 1 aliphatic heterocycles. The van der Waals surface area contributed by atoms with Crippen molar-refractivity contribution in [3.63, 3.8) is 0 Å². The first kappa shape index (κ1) is 24.8. The van der Waals surface area contributed by atoms with Crippen molar-refractivity contribution in [2.75, 3.05) is 18.0 Å². The van der Waals surface area contributed by atoms with Gasteiger partial charge in [0.05, 0.1) is 12.8 Å². The van der Waals surface area contributed by atoms with E-state index in [0.717, 1.165) is 23.0 Å². The van der Waals surface area contributed by atoms with Crippen molar-refractivity contribution in [1.82, 2.24) is 18.7 Å². The van der Waals surface area contributed by atoms with Crippen LogP contribution in [0.3, 0.4) is 0 Å². The minimum absolute atomic E-state index is 0.161. The fourth-order valence-corrected chi connectivity index (χ4v) is 4.91. The standard InChI is InChI=1S/C26H25ClFN5O4/c1-30-23-22(24(35)31(2)26(30)36)33(15-17-7-8-18(28)14-19(17)27)25(29-23)32-10-3-5-16(9-11-32)13-20(34)21-6-4-12-37-21/h4,6-8,12-14H,3,5,9-11,15H2,1-2H3/b16-13-. The molecule has 0 aliphatic carbocycles. The van der Waals surface area contributed by atoms with E-state index >= 15 is 0 Å². The highest BCUT2D eigenvalue weighted by molar-refractivity contribution is 6.31. The Morgan fingerprint density at radius 1 is 1.16 bits per heavy atom. The fourth-order valence-electron chi connectivity index (χ4n) is 4.68. The number of furan rings is 1. The Morgan fingerprint density at radius 3 is 2.70 bits per heavy atom. The molecule has 1 saturated heterocycles. The number of aryl methyl sites for hydroxylation is 1. The molecule has 0 amide bonds. The number of rotatable bonds is 5. The maximum Gasteiger partial charge on any atom is 0.332 e. The number of nitrogens with zero attached hydrogens (tertiary/aromatic N) is 5. The third-order valence-electron chi connectivity index (χ3n) is 6.68. The summed E-state index contributed by atoms with van der Waals surface area (Å²) in [6.07, 6.45) is 5.20. The lowest BCUT2D eigenvalue weighted by atomic mass is 10.1. The summed E-state index contributed by atoms with van der Waals surface area (Å²) in [6, 6.07) is 7.42. The molecule has 1 fully saturated rings. The summed E-state index contributed by atoms with van der Waals surface area (Å²) in [5, 5.41) is 0.229. The molecule has 3 aromatic heterocycles. The molecule has 1 aromatic carbocycles. The van der Waals surface area contributed by atoms with Crippen LogP contribution < -0.4 is 16.1 Å². The van der Waals surface area contributed by atoms with Gasteiger partial charge in [0.1, 0.15) is 5.82 Å². The van der Waals surface area contributed by atoms with E-state index in [-0.39, 0.29) is 28.5 Å². The third-order valence-corrected chi connectivity index (χ3v) is 7.03. The first-order valence-electron chi connectivity index (χ1n) is 11.9. The Labute approximate surface area is 216 Å². The van der Waals surface area contributed by atoms with E-state index in [9.17, 15) is 18.8 Å². The maximum absolute atomic E-state index is 13.7. The SMILES string of the molecule is Cn1c(=O)c2c(nc(N3CCC/C(=C/C(=O)c4ccco4)CC3)n2Cc2ccc(F)cc2Cl)n(C)c1=O. The molecule has 0 spiro atoms. The lowest BCUT2D eigenvalue weighted by Gasteiger charge is -2.22. The van der Waals surface area contributed by atoms with Crippen LogP contribution in [-0.4, -0.2) is 37.6 Å². The van der Waals surface area contributed by atoms with Crippen molar-refractivity contribution in [2.45, 2.75) is 25.8 Å². The Balaban J connectivity index is 1.56. The van der Waals surface area contributed by atoms with Crippen LogP contribution in [0.25, 0.3) is 11.2 Å². The van der Waals surface area contributed by atoms with E-state index in [4.69, 9.17) is 21.0 Å². The van der Waals surface area contributed by atoms with E-state index in [1.54, 1.807) is 35.9 Å². The molecule has 0 atom stereocenters. The quantitative estimate of drug-likeness (QED) is 0.291. The molecule has 0 unspecified atom stereocenters. The summed E-state index contributed by atoms with van der Waals surface area (Å²) < 4.78 is 23.0. The van der Waals surface area contributed by atoms with Gasteiger partial charge < -0.3 is 9.32 Å². The largest absolute Gasteiger partial charge is 0.461 e. The number of hydrogen-bond donors (Lipinski definition) is 0. The molecule has 11 heteroatoms. The van der Waals surface area contributed by atoms with Gasteiger partial charge in [-0.05, 0) is 55.2 Å². The van der Waals surface area contributed by atoms with Crippen molar-refractivity contribution in [3.8, 4) is 0 Å². The Morgan fingerprint density at radius 2 is 1.97 bits per heavy atom. The van der Waals surface area contributed by atoms with E-state index in [1.807, 2.05) is 4.90 Å². The van der Waals surface area contributed by atoms with Crippen LogP contribution in [0.5, 0.6) is 0 Å². The van der Waals surface area contributed by atoms with Crippen molar-refractivity contribution in [2.24, 2.45) is 14.1 Å². The summed E-state index contributed by atoms with van der Waals surface area (Å²) in [7, 11) is 2.99. The Bertz CT molecular complexity index is 1650. The van der Waals surface area contributed by atoms with Crippen LogP contribution in [0, 0.1) is 5.82 Å². The molecule has 4 heterocycles. The average Bonchev–Trinajstić information content (AvgIpc) is 3.48. The number of allylic oxidation sites excluding steroid dienone is 1. The summed E-state index contributed by atoms with van der Waals surface area (Å²) in [5.41, 5.74) is 1.17. The third kappa shape index (κ3) is 4.64. The molecule has 0 bridgehead atoms. The van der Waals surface area contributed by atoms with E-state index in [0.29, 0.717) is 36.8 Å². The van der Waals surface area contributed by atoms with Gasteiger partial charge in [0.25, 0.3) is 5.56 Å². The van der Waals surface area contributed by atoms with Gasteiger partial charge in [-0.3, -0.25) is 23.3 Å². The van der Waals surface area contributed by atoms with Gasteiger partial charge in [0, 0.05) is 32.2 Å².